The molecular formula is C15H17NO6. The van der Waals surface area contributed by atoms with Crippen LogP contribution in [0.25, 0.3) is 10.9 Å². The number of aliphatic hydroxyl groups is 4. The van der Waals surface area contributed by atoms with E-state index in [9.17, 15) is 25.2 Å². The molecule has 0 bridgehead atoms. The fraction of sp³-hybridized carbons (Fsp3) is 0.400. The Morgan fingerprint density at radius 3 is 2.55 bits per heavy atom. The van der Waals surface area contributed by atoms with Gasteiger partial charge in [0, 0.05) is 17.1 Å². The molecule has 1 aliphatic rings. The zero-order valence-electron chi connectivity index (χ0n) is 11.6. The normalized spacial score (nSPS) is 32.3. The summed E-state index contributed by atoms with van der Waals surface area (Å²) in [6.07, 6.45) is -4.07. The van der Waals surface area contributed by atoms with Crippen molar-refractivity contribution >= 4 is 17.2 Å². The molecule has 2 heterocycles. The molecule has 0 unspecified atom stereocenters. The van der Waals surface area contributed by atoms with E-state index in [2.05, 4.69) is 0 Å². The molecule has 2 aromatic rings. The first-order chi connectivity index (χ1) is 10.6. The molecule has 1 saturated heterocycles. The number of rotatable bonds is 3. The first-order valence-corrected chi connectivity index (χ1v) is 6.93. The molecule has 1 fully saturated rings. The molecule has 0 aliphatic carbocycles. The van der Waals surface area contributed by atoms with E-state index < -0.39 is 37.3 Å². The highest BCUT2D eigenvalue weighted by molar-refractivity contribution is 5.97. The van der Waals surface area contributed by atoms with Crippen molar-refractivity contribution in [3.05, 3.63) is 36.0 Å². The Morgan fingerprint density at radius 1 is 1.14 bits per heavy atom. The van der Waals surface area contributed by atoms with Gasteiger partial charge >= 0.3 is 0 Å². The molecule has 0 saturated carbocycles. The third-order valence-corrected chi connectivity index (χ3v) is 4.04. The van der Waals surface area contributed by atoms with Crippen molar-refractivity contribution < 1.29 is 30.0 Å². The number of fused-ring (bicyclic) bond motifs is 1. The lowest BCUT2D eigenvalue weighted by molar-refractivity contribution is -0.250. The molecule has 5 atom stereocenters. The molecule has 1 aromatic heterocycles. The quantitative estimate of drug-likeness (QED) is 0.565. The van der Waals surface area contributed by atoms with E-state index in [4.69, 9.17) is 4.74 Å². The zero-order valence-corrected chi connectivity index (χ0v) is 11.6. The number of ether oxygens (including phenoxy) is 1. The fourth-order valence-electron chi connectivity index (χ4n) is 2.85. The number of hydrogen-bond donors (Lipinski definition) is 4. The average molecular weight is 307 g/mol. The Bertz CT molecular complexity index is 682. The van der Waals surface area contributed by atoms with E-state index in [0.717, 1.165) is 0 Å². The van der Waals surface area contributed by atoms with Gasteiger partial charge < -0.3 is 29.7 Å². The van der Waals surface area contributed by atoms with Crippen LogP contribution in [0.15, 0.2) is 30.5 Å². The SMILES string of the molecule is O=Cc1cn([C@@H]2O[C@@H](CO)[C@@H](O)[C@@H](O)[C@H]2O)c2ccccc12. The van der Waals surface area contributed by atoms with Crippen molar-refractivity contribution in [3.8, 4) is 0 Å². The highest BCUT2D eigenvalue weighted by Gasteiger charge is 2.44. The summed E-state index contributed by atoms with van der Waals surface area (Å²) in [5.41, 5.74) is 1.07. The molecule has 7 heteroatoms. The van der Waals surface area contributed by atoms with Gasteiger partial charge in [0.15, 0.2) is 12.5 Å². The second-order valence-electron chi connectivity index (χ2n) is 5.35. The summed E-state index contributed by atoms with van der Waals surface area (Å²) in [6, 6.07) is 7.08. The Balaban J connectivity index is 2.08. The largest absolute Gasteiger partial charge is 0.394 e. The van der Waals surface area contributed by atoms with Gasteiger partial charge in [-0.2, -0.15) is 0 Å². The van der Waals surface area contributed by atoms with Gasteiger partial charge in [0.1, 0.15) is 24.4 Å². The van der Waals surface area contributed by atoms with Crippen LogP contribution < -0.4 is 0 Å². The second kappa shape index (κ2) is 5.79. The number of benzene rings is 1. The Morgan fingerprint density at radius 2 is 1.86 bits per heavy atom. The van der Waals surface area contributed by atoms with E-state index in [1.165, 1.54) is 10.8 Å². The van der Waals surface area contributed by atoms with Crippen molar-refractivity contribution in [2.45, 2.75) is 30.6 Å². The lowest BCUT2D eigenvalue weighted by Crippen LogP contribution is -2.56. The molecule has 7 nitrogen and oxygen atoms in total. The maximum atomic E-state index is 11.2. The van der Waals surface area contributed by atoms with Crippen LogP contribution in [0.5, 0.6) is 0 Å². The number of aldehydes is 1. The van der Waals surface area contributed by atoms with Gasteiger partial charge in [0.2, 0.25) is 0 Å². The minimum Gasteiger partial charge on any atom is -0.394 e. The third kappa shape index (κ3) is 2.23. The fourth-order valence-corrected chi connectivity index (χ4v) is 2.85. The number of aliphatic hydroxyl groups excluding tert-OH is 4. The Kier molecular flexibility index (Phi) is 3.98. The minimum absolute atomic E-state index is 0.424. The van der Waals surface area contributed by atoms with Gasteiger partial charge in [-0.15, -0.1) is 0 Å². The minimum atomic E-state index is -1.46. The maximum absolute atomic E-state index is 11.2. The Labute approximate surface area is 126 Å². The lowest BCUT2D eigenvalue weighted by Gasteiger charge is -2.40. The number of aromatic nitrogens is 1. The highest BCUT2D eigenvalue weighted by atomic mass is 16.6. The van der Waals surface area contributed by atoms with Gasteiger partial charge in [0.05, 0.1) is 12.1 Å². The number of nitrogens with zero attached hydrogens (tertiary/aromatic N) is 1. The van der Waals surface area contributed by atoms with Gasteiger partial charge in [-0.3, -0.25) is 4.79 Å². The van der Waals surface area contributed by atoms with E-state index in [0.29, 0.717) is 22.8 Å². The van der Waals surface area contributed by atoms with Crippen molar-refractivity contribution in [3.63, 3.8) is 0 Å². The number of para-hydroxylation sites is 1. The second-order valence-corrected chi connectivity index (χ2v) is 5.35. The zero-order chi connectivity index (χ0) is 15.9. The predicted octanol–water partition coefficient (Wildman–Crippen LogP) is -0.574. The topological polar surface area (TPSA) is 112 Å². The monoisotopic (exact) mass is 307 g/mol. The standard InChI is InChI=1S/C15H17NO6/c17-6-8-5-16(10-4-2-1-3-9(8)10)15-14(21)13(20)12(19)11(7-18)22-15/h1-6,11-15,18-21H,7H2/t11-,12+,13+,14+,15+/m0/s1. The molecule has 1 aromatic carbocycles. The van der Waals surface area contributed by atoms with Crippen LogP contribution in [-0.4, -0.2) is 62.3 Å². The summed E-state index contributed by atoms with van der Waals surface area (Å²) in [4.78, 5) is 11.2. The first kappa shape index (κ1) is 15.1. The van der Waals surface area contributed by atoms with E-state index >= 15 is 0 Å². The van der Waals surface area contributed by atoms with Crippen LogP contribution in [0.3, 0.4) is 0 Å². The number of carbonyl (C=O) groups excluding carboxylic acids is 1. The van der Waals surface area contributed by atoms with Gasteiger partial charge in [-0.25, -0.2) is 0 Å². The predicted molar refractivity (Wildman–Crippen MR) is 76.3 cm³/mol. The molecular weight excluding hydrogens is 290 g/mol. The number of hydrogen-bond acceptors (Lipinski definition) is 6. The van der Waals surface area contributed by atoms with Crippen LogP contribution in [0.1, 0.15) is 16.6 Å². The molecule has 0 spiro atoms. The van der Waals surface area contributed by atoms with E-state index in [1.54, 1.807) is 24.3 Å². The first-order valence-electron chi connectivity index (χ1n) is 6.93. The molecule has 1 aliphatic heterocycles. The van der Waals surface area contributed by atoms with Gasteiger partial charge in [0.25, 0.3) is 0 Å². The Hall–Kier alpha value is -1.77. The number of carbonyl (C=O) groups is 1. The van der Waals surface area contributed by atoms with Crippen molar-refractivity contribution in [1.82, 2.24) is 4.57 Å². The molecule has 22 heavy (non-hydrogen) atoms. The van der Waals surface area contributed by atoms with E-state index in [1.807, 2.05) is 0 Å². The molecule has 0 amide bonds. The van der Waals surface area contributed by atoms with Crippen LogP contribution in [0, 0.1) is 0 Å². The van der Waals surface area contributed by atoms with Crippen molar-refractivity contribution in [1.29, 1.82) is 0 Å². The smallest absolute Gasteiger partial charge is 0.163 e. The average Bonchev–Trinajstić information content (AvgIpc) is 2.92. The third-order valence-electron chi connectivity index (χ3n) is 4.04. The maximum Gasteiger partial charge on any atom is 0.163 e. The summed E-state index contributed by atoms with van der Waals surface area (Å²) in [5, 5.41) is 39.8. The molecule has 4 N–H and O–H groups in total. The van der Waals surface area contributed by atoms with Gasteiger partial charge in [-0.05, 0) is 6.07 Å². The summed E-state index contributed by atoms with van der Waals surface area (Å²) in [6.45, 7) is -0.499. The molecule has 0 radical (unpaired) electrons. The molecule has 3 rings (SSSR count). The molecule has 118 valence electrons. The summed E-state index contributed by atoms with van der Waals surface area (Å²) in [7, 11) is 0. The summed E-state index contributed by atoms with van der Waals surface area (Å²) < 4.78 is 7.05. The van der Waals surface area contributed by atoms with Crippen LogP contribution >= 0.6 is 0 Å². The van der Waals surface area contributed by atoms with E-state index in [-0.39, 0.29) is 0 Å². The van der Waals surface area contributed by atoms with Crippen LogP contribution in [-0.2, 0) is 4.74 Å². The van der Waals surface area contributed by atoms with Crippen LogP contribution in [0.2, 0.25) is 0 Å². The highest BCUT2D eigenvalue weighted by Crippen LogP contribution is 2.32. The van der Waals surface area contributed by atoms with Crippen molar-refractivity contribution in [2.75, 3.05) is 6.61 Å². The van der Waals surface area contributed by atoms with Gasteiger partial charge in [-0.1, -0.05) is 18.2 Å². The van der Waals surface area contributed by atoms with Crippen molar-refractivity contribution in [2.24, 2.45) is 0 Å². The summed E-state index contributed by atoms with van der Waals surface area (Å²) in [5.74, 6) is 0. The lowest BCUT2D eigenvalue weighted by atomic mass is 9.98. The van der Waals surface area contributed by atoms with Crippen LogP contribution in [0.4, 0.5) is 0 Å². The summed E-state index contributed by atoms with van der Waals surface area (Å²) >= 11 is 0.